The third-order valence-electron chi connectivity index (χ3n) is 5.83. The zero-order valence-electron chi connectivity index (χ0n) is 20.6. The van der Waals surface area contributed by atoms with Gasteiger partial charge in [-0.15, -0.1) is 0 Å². The summed E-state index contributed by atoms with van der Waals surface area (Å²) in [5.41, 5.74) is 1.43. The van der Waals surface area contributed by atoms with Crippen LogP contribution < -0.4 is 10.1 Å². The largest absolute Gasteiger partial charge is 0.487 e. The third kappa shape index (κ3) is 5.49. The number of aromatic nitrogens is 2. The van der Waals surface area contributed by atoms with Gasteiger partial charge in [-0.2, -0.15) is 5.26 Å². The number of hydrogen-bond acceptors (Lipinski definition) is 9. The van der Waals surface area contributed by atoms with E-state index in [9.17, 15) is 19.6 Å². The molecule has 2 atom stereocenters. The Morgan fingerprint density at radius 1 is 1.41 bits per heavy atom. The van der Waals surface area contributed by atoms with Crippen LogP contribution in [0.2, 0.25) is 0 Å². The number of nitrogens with one attached hydrogen (secondary N) is 1. The van der Waals surface area contributed by atoms with Crippen molar-refractivity contribution in [1.29, 1.82) is 5.26 Å². The van der Waals surface area contributed by atoms with Gasteiger partial charge in [-0.25, -0.2) is 14.8 Å². The molecule has 1 fully saturated rings. The molecule has 1 saturated heterocycles. The van der Waals surface area contributed by atoms with E-state index in [0.717, 1.165) is 0 Å². The Bertz CT molecular complexity index is 1400. The number of hydrogen-bond donors (Lipinski definition) is 1. The van der Waals surface area contributed by atoms with Gasteiger partial charge >= 0.3 is 6.09 Å². The Balaban J connectivity index is 1.63. The molecule has 2 aromatic heterocycles. The number of benzene rings is 1. The van der Waals surface area contributed by atoms with Crippen LogP contribution in [0.15, 0.2) is 36.5 Å². The van der Waals surface area contributed by atoms with Crippen LogP contribution in [0.5, 0.6) is 5.75 Å². The predicted molar refractivity (Wildman–Crippen MR) is 132 cm³/mol. The molecule has 2 unspecified atom stereocenters. The van der Waals surface area contributed by atoms with E-state index in [0.29, 0.717) is 29.4 Å². The molecule has 0 saturated carbocycles. The lowest BCUT2D eigenvalue weighted by molar-refractivity contribution is 0.0918. The van der Waals surface area contributed by atoms with E-state index in [1.54, 1.807) is 38.3 Å². The minimum Gasteiger partial charge on any atom is -0.487 e. The first-order chi connectivity index (χ1) is 17.8. The van der Waals surface area contributed by atoms with E-state index < -0.39 is 12.0 Å². The Morgan fingerprint density at radius 3 is 2.89 bits per heavy atom. The quantitative estimate of drug-likeness (QED) is 0.435. The SMILES string of the molecule is COCC(C)Oc1cc(NC(=O)c2cccc3cc(CN4C(=O)OCC4C)c(C=O)nc23)ncc1C#N. The maximum Gasteiger partial charge on any atom is 0.410 e. The maximum atomic E-state index is 13.2. The molecule has 3 aromatic rings. The van der Waals surface area contributed by atoms with Gasteiger partial charge < -0.3 is 19.5 Å². The van der Waals surface area contributed by atoms with Crippen molar-refractivity contribution >= 4 is 35.0 Å². The summed E-state index contributed by atoms with van der Waals surface area (Å²) in [5, 5.41) is 12.7. The molecule has 1 N–H and O–H groups in total. The fourth-order valence-electron chi connectivity index (χ4n) is 3.97. The second-order valence-electron chi connectivity index (χ2n) is 8.60. The molecule has 11 heteroatoms. The number of aldehydes is 1. The van der Waals surface area contributed by atoms with Crippen molar-refractivity contribution < 1.29 is 28.6 Å². The first-order valence-corrected chi connectivity index (χ1v) is 11.5. The van der Waals surface area contributed by atoms with Gasteiger partial charge in [-0.3, -0.25) is 14.5 Å². The van der Waals surface area contributed by atoms with Crippen molar-refractivity contribution in [3.8, 4) is 11.8 Å². The number of fused-ring (bicyclic) bond motifs is 1. The first-order valence-electron chi connectivity index (χ1n) is 11.5. The number of nitriles is 1. The molecule has 190 valence electrons. The van der Waals surface area contributed by atoms with E-state index in [-0.39, 0.29) is 53.7 Å². The van der Waals surface area contributed by atoms with Crippen molar-refractivity contribution in [2.75, 3.05) is 25.6 Å². The van der Waals surface area contributed by atoms with Gasteiger partial charge in [-0.05, 0) is 26.0 Å². The number of cyclic esters (lactones) is 1. The molecule has 0 spiro atoms. The van der Waals surface area contributed by atoms with Crippen molar-refractivity contribution in [3.05, 3.63) is 58.9 Å². The number of carbonyl (C=O) groups is 3. The molecule has 3 heterocycles. The van der Waals surface area contributed by atoms with Crippen LogP contribution in [0, 0.1) is 11.3 Å². The average molecular weight is 504 g/mol. The molecule has 37 heavy (non-hydrogen) atoms. The van der Waals surface area contributed by atoms with Crippen molar-refractivity contribution in [2.45, 2.75) is 32.5 Å². The number of nitrogens with zero attached hydrogens (tertiary/aromatic N) is 4. The summed E-state index contributed by atoms with van der Waals surface area (Å²) in [5.74, 6) is -0.0714. The molecule has 0 aliphatic carbocycles. The summed E-state index contributed by atoms with van der Waals surface area (Å²) >= 11 is 0. The van der Waals surface area contributed by atoms with Crippen molar-refractivity contribution in [2.24, 2.45) is 0 Å². The summed E-state index contributed by atoms with van der Waals surface area (Å²) in [4.78, 5) is 47.2. The highest BCUT2D eigenvalue weighted by molar-refractivity contribution is 6.12. The molecular weight excluding hydrogens is 478 g/mol. The number of anilines is 1. The minimum absolute atomic E-state index is 0.124. The third-order valence-corrected chi connectivity index (χ3v) is 5.83. The highest BCUT2D eigenvalue weighted by Crippen LogP contribution is 2.26. The lowest BCUT2D eigenvalue weighted by atomic mass is 10.0. The Hall–Kier alpha value is -4.56. The summed E-state index contributed by atoms with van der Waals surface area (Å²) in [6.45, 7) is 4.40. The number of carbonyl (C=O) groups excluding carboxylic acids is 3. The van der Waals surface area contributed by atoms with Crippen LogP contribution in [0.25, 0.3) is 10.9 Å². The predicted octanol–water partition coefficient (Wildman–Crippen LogP) is 3.32. The average Bonchev–Trinajstić information content (AvgIpc) is 3.20. The number of para-hydroxylation sites is 1. The highest BCUT2D eigenvalue weighted by atomic mass is 16.6. The lowest BCUT2D eigenvalue weighted by Gasteiger charge is -2.19. The number of rotatable bonds is 9. The maximum absolute atomic E-state index is 13.2. The summed E-state index contributed by atoms with van der Waals surface area (Å²) < 4.78 is 15.9. The highest BCUT2D eigenvalue weighted by Gasteiger charge is 2.30. The smallest absolute Gasteiger partial charge is 0.410 e. The minimum atomic E-state index is -0.507. The Morgan fingerprint density at radius 2 is 2.22 bits per heavy atom. The van der Waals surface area contributed by atoms with E-state index in [1.165, 1.54) is 17.2 Å². The van der Waals surface area contributed by atoms with Gasteiger partial charge in [0.15, 0.2) is 6.29 Å². The van der Waals surface area contributed by atoms with Crippen LogP contribution in [0.4, 0.5) is 10.6 Å². The normalized spacial score (nSPS) is 15.7. The molecule has 0 radical (unpaired) electrons. The van der Waals surface area contributed by atoms with Gasteiger partial charge in [0.25, 0.3) is 5.91 Å². The van der Waals surface area contributed by atoms with Gasteiger partial charge in [0, 0.05) is 24.1 Å². The van der Waals surface area contributed by atoms with Crippen LogP contribution in [0.3, 0.4) is 0 Å². The van der Waals surface area contributed by atoms with E-state index in [1.807, 2.05) is 13.0 Å². The van der Waals surface area contributed by atoms with Crippen LogP contribution in [-0.2, 0) is 16.0 Å². The Labute approximate surface area is 213 Å². The zero-order chi connectivity index (χ0) is 26.5. The second-order valence-corrected chi connectivity index (χ2v) is 8.60. The number of ether oxygens (including phenoxy) is 3. The van der Waals surface area contributed by atoms with Gasteiger partial charge in [-0.1, -0.05) is 12.1 Å². The van der Waals surface area contributed by atoms with Crippen LogP contribution in [0.1, 0.15) is 45.8 Å². The van der Waals surface area contributed by atoms with Gasteiger partial charge in [0.2, 0.25) is 0 Å². The van der Waals surface area contributed by atoms with E-state index in [4.69, 9.17) is 14.2 Å². The molecule has 0 bridgehead atoms. The molecule has 1 aliphatic heterocycles. The molecule has 2 amide bonds. The summed E-state index contributed by atoms with van der Waals surface area (Å²) in [7, 11) is 1.54. The van der Waals surface area contributed by atoms with Gasteiger partial charge in [0.05, 0.1) is 36.5 Å². The van der Waals surface area contributed by atoms with Crippen molar-refractivity contribution in [3.63, 3.8) is 0 Å². The molecular formula is C26H25N5O6. The number of pyridine rings is 2. The van der Waals surface area contributed by atoms with E-state index >= 15 is 0 Å². The fraction of sp³-hybridized carbons (Fsp3) is 0.308. The second kappa shape index (κ2) is 11.0. The topological polar surface area (TPSA) is 144 Å². The monoisotopic (exact) mass is 503 g/mol. The molecule has 1 aromatic carbocycles. The first kappa shape index (κ1) is 25.5. The standard InChI is InChI=1S/C26H25N5O6/c1-15-13-36-26(34)31(15)11-18-7-17-5-4-6-20(24(17)29-21(18)12-32)25(33)30-23-8-22(19(9-27)10-28-23)37-16(2)14-35-3/h4-8,10,12,15-16H,11,13-14H2,1-3H3,(H,28,30,33). The van der Waals surface area contributed by atoms with Crippen LogP contribution >= 0.6 is 0 Å². The van der Waals surface area contributed by atoms with Crippen LogP contribution in [-0.4, -0.2) is 65.6 Å². The number of methoxy groups -OCH3 is 1. The summed E-state index contributed by atoms with van der Waals surface area (Å²) in [6, 6.07) is 10.1. The molecule has 1 aliphatic rings. The Kier molecular flexibility index (Phi) is 7.60. The zero-order valence-corrected chi connectivity index (χ0v) is 20.6. The van der Waals surface area contributed by atoms with E-state index in [2.05, 4.69) is 15.3 Å². The van der Waals surface area contributed by atoms with Gasteiger partial charge in [0.1, 0.15) is 41.6 Å². The molecule has 11 nitrogen and oxygen atoms in total. The van der Waals surface area contributed by atoms with Crippen molar-refractivity contribution in [1.82, 2.24) is 14.9 Å². The fourth-order valence-corrected chi connectivity index (χ4v) is 3.97. The number of amides is 2. The summed E-state index contributed by atoms with van der Waals surface area (Å²) in [6.07, 6.45) is 1.13. The molecule has 4 rings (SSSR count). The lowest BCUT2D eigenvalue weighted by Crippen LogP contribution is -2.31.